The van der Waals surface area contributed by atoms with Crippen LogP contribution in [-0.2, 0) is 19.9 Å². The lowest BCUT2D eigenvalue weighted by Gasteiger charge is -2.31. The van der Waals surface area contributed by atoms with Crippen molar-refractivity contribution in [1.29, 1.82) is 0 Å². The zero-order valence-corrected chi connectivity index (χ0v) is 13.5. The van der Waals surface area contributed by atoms with Gasteiger partial charge in [-0.2, -0.15) is 13.2 Å². The minimum atomic E-state index is -5.90. The molecule has 1 aromatic carbocycles. The second-order valence-electron chi connectivity index (χ2n) is 4.92. The molecular weight excluding hydrogens is 375 g/mol. The Balaban J connectivity index is 2.56. The molecule has 1 aliphatic rings. The molecule has 0 radical (unpaired) electrons. The zero-order chi connectivity index (χ0) is 18.3. The number of urea groups is 1. The summed E-state index contributed by atoms with van der Waals surface area (Å²) >= 11 is 0. The van der Waals surface area contributed by atoms with Crippen LogP contribution in [0.3, 0.4) is 0 Å². The SMILES string of the molecule is NS(=O)(=O)c1ccc(NC(=O)N2CCC2)c(S(=O)(=O)C(F)(F)F)c1. The summed E-state index contributed by atoms with van der Waals surface area (Å²) < 4.78 is 84.3. The Bertz CT molecular complexity index is 877. The fourth-order valence-electron chi connectivity index (χ4n) is 1.84. The normalized spacial score (nSPS) is 15.8. The Hall–Kier alpha value is -1.86. The first kappa shape index (κ1) is 18.5. The molecule has 0 atom stereocenters. The smallest absolute Gasteiger partial charge is 0.324 e. The second-order valence-corrected chi connectivity index (χ2v) is 8.39. The van der Waals surface area contributed by atoms with E-state index in [0.717, 1.165) is 12.1 Å². The number of nitrogens with zero attached hydrogens (tertiary/aromatic N) is 1. The number of anilines is 1. The molecule has 2 rings (SSSR count). The molecule has 1 aliphatic heterocycles. The molecule has 0 bridgehead atoms. The average molecular weight is 387 g/mol. The van der Waals surface area contributed by atoms with E-state index in [4.69, 9.17) is 5.14 Å². The molecule has 8 nitrogen and oxygen atoms in total. The first-order chi connectivity index (χ1) is 10.8. The third-order valence-corrected chi connectivity index (χ3v) is 5.70. The van der Waals surface area contributed by atoms with Gasteiger partial charge in [0.2, 0.25) is 10.0 Å². The van der Waals surface area contributed by atoms with E-state index in [2.05, 4.69) is 0 Å². The number of primary sulfonamides is 1. The van der Waals surface area contributed by atoms with Crippen LogP contribution in [0, 0.1) is 0 Å². The molecule has 3 N–H and O–H groups in total. The summed E-state index contributed by atoms with van der Waals surface area (Å²) in [4.78, 5) is 10.8. The van der Waals surface area contributed by atoms with Crippen LogP contribution in [0.2, 0.25) is 0 Å². The van der Waals surface area contributed by atoms with E-state index in [0.29, 0.717) is 19.5 Å². The van der Waals surface area contributed by atoms with E-state index >= 15 is 0 Å². The van der Waals surface area contributed by atoms with Gasteiger partial charge in [-0.1, -0.05) is 0 Å². The van der Waals surface area contributed by atoms with Gasteiger partial charge in [-0.15, -0.1) is 0 Å². The van der Waals surface area contributed by atoms with Crippen molar-refractivity contribution < 1.29 is 34.8 Å². The lowest BCUT2D eigenvalue weighted by molar-refractivity contribution is -0.0435. The number of sulfone groups is 1. The van der Waals surface area contributed by atoms with Crippen molar-refractivity contribution in [2.75, 3.05) is 18.4 Å². The van der Waals surface area contributed by atoms with Crippen LogP contribution in [0.1, 0.15) is 6.42 Å². The number of benzene rings is 1. The number of rotatable bonds is 3. The van der Waals surface area contributed by atoms with Crippen molar-refractivity contribution in [2.24, 2.45) is 5.14 Å². The monoisotopic (exact) mass is 387 g/mol. The summed E-state index contributed by atoms with van der Waals surface area (Å²) in [5, 5.41) is 6.85. The van der Waals surface area contributed by atoms with Gasteiger partial charge in [-0.25, -0.2) is 26.8 Å². The Morgan fingerprint density at radius 3 is 2.17 bits per heavy atom. The quantitative estimate of drug-likeness (QED) is 0.796. The number of nitrogens with one attached hydrogen (secondary N) is 1. The van der Waals surface area contributed by atoms with Crippen molar-refractivity contribution in [2.45, 2.75) is 21.7 Å². The summed E-state index contributed by atoms with van der Waals surface area (Å²) in [5.41, 5.74) is -6.36. The van der Waals surface area contributed by atoms with Gasteiger partial charge in [0.1, 0.15) is 4.90 Å². The summed E-state index contributed by atoms with van der Waals surface area (Å²) in [7, 11) is -10.3. The maximum Gasteiger partial charge on any atom is 0.501 e. The number of carbonyl (C=O) groups excluding carboxylic acids is 1. The first-order valence-electron chi connectivity index (χ1n) is 6.38. The highest BCUT2D eigenvalue weighted by Crippen LogP contribution is 2.35. The van der Waals surface area contributed by atoms with E-state index in [1.807, 2.05) is 5.32 Å². The molecular formula is C11H12F3N3O5S2. The van der Waals surface area contributed by atoms with Crippen LogP contribution < -0.4 is 10.5 Å². The van der Waals surface area contributed by atoms with Crippen molar-refractivity contribution in [3.05, 3.63) is 18.2 Å². The summed E-state index contributed by atoms with van der Waals surface area (Å²) in [6.07, 6.45) is 0.714. The molecule has 13 heteroatoms. The topological polar surface area (TPSA) is 127 Å². The highest BCUT2D eigenvalue weighted by molar-refractivity contribution is 7.92. The number of carbonyl (C=O) groups is 1. The first-order valence-corrected chi connectivity index (χ1v) is 9.41. The number of amides is 2. The number of nitrogens with two attached hydrogens (primary N) is 1. The van der Waals surface area contributed by atoms with Crippen molar-refractivity contribution in [1.82, 2.24) is 4.90 Å². The highest BCUT2D eigenvalue weighted by atomic mass is 32.2. The Kier molecular flexibility index (Phi) is 4.54. The molecule has 1 aromatic rings. The summed E-state index contributed by atoms with van der Waals surface area (Å²) in [5.74, 6) is 0. The van der Waals surface area contributed by atoms with Crippen LogP contribution in [0.4, 0.5) is 23.7 Å². The van der Waals surface area contributed by atoms with Crippen LogP contribution in [0.15, 0.2) is 28.0 Å². The Morgan fingerprint density at radius 1 is 1.17 bits per heavy atom. The number of halogens is 3. The van der Waals surface area contributed by atoms with Crippen LogP contribution in [0.25, 0.3) is 0 Å². The largest absolute Gasteiger partial charge is 0.501 e. The van der Waals surface area contributed by atoms with E-state index in [1.54, 1.807) is 0 Å². The van der Waals surface area contributed by atoms with Gasteiger partial charge in [0, 0.05) is 13.1 Å². The third-order valence-electron chi connectivity index (χ3n) is 3.26. The average Bonchev–Trinajstić information content (AvgIpc) is 2.33. The minimum Gasteiger partial charge on any atom is -0.324 e. The number of likely N-dealkylation sites (tertiary alicyclic amines) is 1. The molecule has 0 saturated carbocycles. The summed E-state index contributed by atoms with van der Waals surface area (Å²) in [6, 6.07) is 1.03. The van der Waals surface area contributed by atoms with Gasteiger partial charge in [0.05, 0.1) is 10.6 Å². The van der Waals surface area contributed by atoms with Crippen LogP contribution in [-0.4, -0.2) is 46.4 Å². The molecule has 0 unspecified atom stereocenters. The number of hydrogen-bond acceptors (Lipinski definition) is 5. The van der Waals surface area contributed by atoms with Gasteiger partial charge >= 0.3 is 11.5 Å². The van der Waals surface area contributed by atoms with E-state index in [-0.39, 0.29) is 6.07 Å². The number of alkyl halides is 3. The van der Waals surface area contributed by atoms with Gasteiger partial charge in [0.15, 0.2) is 0 Å². The third kappa shape index (κ3) is 3.47. The molecule has 24 heavy (non-hydrogen) atoms. The maximum atomic E-state index is 12.8. The maximum absolute atomic E-state index is 12.8. The molecule has 0 spiro atoms. The molecule has 1 fully saturated rings. The van der Waals surface area contributed by atoms with Gasteiger partial charge in [-0.05, 0) is 24.6 Å². The van der Waals surface area contributed by atoms with Crippen LogP contribution >= 0.6 is 0 Å². The fourth-order valence-corrected chi connectivity index (χ4v) is 3.40. The minimum absolute atomic E-state index is 0.268. The van der Waals surface area contributed by atoms with Crippen molar-refractivity contribution in [3.63, 3.8) is 0 Å². The number of hydrogen-bond donors (Lipinski definition) is 2. The van der Waals surface area contributed by atoms with Crippen molar-refractivity contribution in [3.8, 4) is 0 Å². The molecule has 134 valence electrons. The predicted octanol–water partition coefficient (Wildman–Crippen LogP) is 0.865. The standard InChI is InChI=1S/C11H12F3N3O5S2/c12-11(13,14)23(19,20)9-6-7(24(15,21)22)2-3-8(9)16-10(18)17-4-1-5-17/h2-3,6H,1,4-5H2,(H,16,18)(H2,15,21,22). The zero-order valence-electron chi connectivity index (χ0n) is 11.9. The summed E-state index contributed by atoms with van der Waals surface area (Å²) in [6.45, 7) is 0.755. The lowest BCUT2D eigenvalue weighted by Crippen LogP contribution is -2.44. The fraction of sp³-hybridized carbons (Fsp3) is 0.364. The van der Waals surface area contributed by atoms with Crippen molar-refractivity contribution >= 4 is 31.6 Å². The molecule has 0 aromatic heterocycles. The molecule has 2 amide bonds. The lowest BCUT2D eigenvalue weighted by atomic mass is 10.2. The highest BCUT2D eigenvalue weighted by Gasteiger charge is 2.48. The van der Waals surface area contributed by atoms with E-state index < -0.39 is 46.9 Å². The predicted molar refractivity (Wildman–Crippen MR) is 76.3 cm³/mol. The Labute approximate surface area is 135 Å². The van der Waals surface area contributed by atoms with E-state index in [1.165, 1.54) is 4.90 Å². The van der Waals surface area contributed by atoms with Gasteiger partial charge in [-0.3, -0.25) is 0 Å². The number of sulfonamides is 1. The molecule has 1 saturated heterocycles. The van der Waals surface area contributed by atoms with E-state index in [9.17, 15) is 34.8 Å². The molecule has 1 heterocycles. The second kappa shape index (κ2) is 5.89. The molecule has 0 aliphatic carbocycles. The van der Waals surface area contributed by atoms with Gasteiger partial charge < -0.3 is 10.2 Å². The van der Waals surface area contributed by atoms with Gasteiger partial charge in [0.25, 0.3) is 9.84 Å². The van der Waals surface area contributed by atoms with Crippen LogP contribution in [0.5, 0.6) is 0 Å². The Morgan fingerprint density at radius 2 is 1.75 bits per heavy atom.